The Morgan fingerprint density at radius 2 is 2.10 bits per heavy atom. The Bertz CT molecular complexity index is 849. The SMILES string of the molecule is CCCc1cc(N2CC[C@H](NCC)C2)nc(Nc2ccc(N)c([N+](=O)[O-])c2)n1.Cl. The number of rotatable bonds is 8. The van der Waals surface area contributed by atoms with Crippen molar-refractivity contribution in [3.63, 3.8) is 0 Å². The summed E-state index contributed by atoms with van der Waals surface area (Å²) in [5.74, 6) is 1.32. The maximum absolute atomic E-state index is 11.1. The molecule has 9 nitrogen and oxygen atoms in total. The number of nitrogens with zero attached hydrogens (tertiary/aromatic N) is 4. The molecule has 0 aliphatic carbocycles. The molecule has 0 saturated carbocycles. The Kier molecular flexibility index (Phi) is 7.98. The van der Waals surface area contributed by atoms with Crippen LogP contribution in [0.2, 0.25) is 0 Å². The highest BCUT2D eigenvalue weighted by Crippen LogP contribution is 2.27. The molecule has 1 aromatic carbocycles. The van der Waals surface area contributed by atoms with Crippen LogP contribution in [0.4, 0.5) is 28.8 Å². The van der Waals surface area contributed by atoms with E-state index in [0.717, 1.165) is 50.4 Å². The fourth-order valence-electron chi connectivity index (χ4n) is 3.42. The van der Waals surface area contributed by atoms with Gasteiger partial charge in [-0.25, -0.2) is 4.98 Å². The standard InChI is InChI=1S/C19H27N7O2.ClH/c1-3-5-13-11-18(25-9-8-15(12-25)21-4-2)24-19(22-13)23-14-6-7-16(20)17(10-14)26(27)28;/h6-7,10-11,15,21H,3-5,8-9,12,20H2,1-2H3,(H,22,23,24);1H/t15-;/m0./s1. The quantitative estimate of drug-likeness (QED) is 0.337. The second-order valence-corrected chi connectivity index (χ2v) is 6.94. The summed E-state index contributed by atoms with van der Waals surface area (Å²) in [7, 11) is 0. The fourth-order valence-corrected chi connectivity index (χ4v) is 3.42. The molecule has 1 aliphatic rings. The number of nitrogens with one attached hydrogen (secondary N) is 2. The van der Waals surface area contributed by atoms with E-state index >= 15 is 0 Å². The largest absolute Gasteiger partial charge is 0.393 e. The van der Waals surface area contributed by atoms with Crippen LogP contribution in [0.1, 0.15) is 32.4 Å². The Labute approximate surface area is 176 Å². The zero-order chi connectivity index (χ0) is 20.1. The zero-order valence-corrected chi connectivity index (χ0v) is 17.5. The van der Waals surface area contributed by atoms with E-state index in [9.17, 15) is 10.1 Å². The number of halogens is 1. The van der Waals surface area contributed by atoms with Crippen molar-refractivity contribution in [2.45, 2.75) is 39.2 Å². The number of nitro groups is 1. The van der Waals surface area contributed by atoms with Gasteiger partial charge in [0.15, 0.2) is 0 Å². The summed E-state index contributed by atoms with van der Waals surface area (Å²) in [6, 6.07) is 7.11. The molecule has 29 heavy (non-hydrogen) atoms. The average molecular weight is 422 g/mol. The van der Waals surface area contributed by atoms with Crippen molar-refractivity contribution in [1.29, 1.82) is 0 Å². The molecule has 0 spiro atoms. The van der Waals surface area contributed by atoms with E-state index in [1.54, 1.807) is 6.07 Å². The first kappa shape index (κ1) is 22.6. The molecule has 1 aliphatic heterocycles. The molecular weight excluding hydrogens is 394 g/mol. The van der Waals surface area contributed by atoms with Crippen LogP contribution in [0, 0.1) is 10.1 Å². The summed E-state index contributed by atoms with van der Waals surface area (Å²) in [5, 5.41) is 17.7. The van der Waals surface area contributed by atoms with Crippen LogP contribution in [0.15, 0.2) is 24.3 Å². The summed E-state index contributed by atoms with van der Waals surface area (Å²) in [4.78, 5) is 22.1. The molecule has 0 radical (unpaired) electrons. The number of likely N-dealkylation sites (N-methyl/N-ethyl adjacent to an activating group) is 1. The van der Waals surface area contributed by atoms with E-state index < -0.39 is 4.92 Å². The van der Waals surface area contributed by atoms with Crippen molar-refractivity contribution < 1.29 is 4.92 Å². The molecule has 2 heterocycles. The van der Waals surface area contributed by atoms with E-state index in [0.29, 0.717) is 17.7 Å². The number of hydrogen-bond acceptors (Lipinski definition) is 8. The Balaban J connectivity index is 0.00000300. The molecule has 158 valence electrons. The van der Waals surface area contributed by atoms with Gasteiger partial charge in [-0.1, -0.05) is 20.3 Å². The smallest absolute Gasteiger partial charge is 0.294 e. The van der Waals surface area contributed by atoms with Gasteiger partial charge in [0.2, 0.25) is 5.95 Å². The number of nitro benzene ring substituents is 1. The minimum atomic E-state index is -0.495. The third-order valence-corrected chi connectivity index (χ3v) is 4.76. The summed E-state index contributed by atoms with van der Waals surface area (Å²) in [6.07, 6.45) is 2.90. The van der Waals surface area contributed by atoms with Gasteiger partial charge >= 0.3 is 0 Å². The number of aryl methyl sites for hydroxylation is 1. The van der Waals surface area contributed by atoms with Crippen molar-refractivity contribution in [3.8, 4) is 0 Å². The van der Waals surface area contributed by atoms with Crippen LogP contribution < -0.4 is 21.3 Å². The molecule has 0 unspecified atom stereocenters. The van der Waals surface area contributed by atoms with Crippen LogP contribution in [0.5, 0.6) is 0 Å². The van der Waals surface area contributed by atoms with Crippen LogP contribution >= 0.6 is 12.4 Å². The van der Waals surface area contributed by atoms with Gasteiger partial charge in [0, 0.05) is 42.6 Å². The first-order valence-electron chi connectivity index (χ1n) is 9.67. The topological polar surface area (TPSA) is 122 Å². The van der Waals surface area contributed by atoms with Crippen molar-refractivity contribution in [2.24, 2.45) is 0 Å². The minimum absolute atomic E-state index is 0. The van der Waals surface area contributed by atoms with Crippen LogP contribution in [0.25, 0.3) is 0 Å². The molecule has 1 aromatic heterocycles. The van der Waals surface area contributed by atoms with Gasteiger partial charge in [-0.2, -0.15) is 4.98 Å². The van der Waals surface area contributed by atoms with Gasteiger partial charge in [-0.15, -0.1) is 12.4 Å². The first-order chi connectivity index (χ1) is 13.5. The Morgan fingerprint density at radius 1 is 1.31 bits per heavy atom. The molecule has 4 N–H and O–H groups in total. The highest BCUT2D eigenvalue weighted by Gasteiger charge is 2.23. The van der Waals surface area contributed by atoms with E-state index in [4.69, 9.17) is 5.73 Å². The summed E-state index contributed by atoms with van der Waals surface area (Å²) < 4.78 is 0. The number of anilines is 4. The second-order valence-electron chi connectivity index (χ2n) is 6.94. The Hall–Kier alpha value is -2.65. The predicted molar refractivity (Wildman–Crippen MR) is 118 cm³/mol. The lowest BCUT2D eigenvalue weighted by Gasteiger charge is -2.19. The highest BCUT2D eigenvalue weighted by atomic mass is 35.5. The number of nitrogens with two attached hydrogens (primary N) is 1. The minimum Gasteiger partial charge on any atom is -0.393 e. The molecule has 2 aromatic rings. The van der Waals surface area contributed by atoms with Crippen LogP contribution in [0.3, 0.4) is 0 Å². The van der Waals surface area contributed by atoms with Gasteiger partial charge in [0.05, 0.1) is 4.92 Å². The molecule has 1 fully saturated rings. The normalized spacial score (nSPS) is 15.8. The maximum Gasteiger partial charge on any atom is 0.294 e. The third-order valence-electron chi connectivity index (χ3n) is 4.76. The lowest BCUT2D eigenvalue weighted by atomic mass is 10.2. The Morgan fingerprint density at radius 3 is 2.79 bits per heavy atom. The van der Waals surface area contributed by atoms with Crippen molar-refractivity contribution in [3.05, 3.63) is 40.1 Å². The molecule has 10 heteroatoms. The van der Waals surface area contributed by atoms with Gasteiger partial charge in [-0.05, 0) is 31.5 Å². The molecule has 1 saturated heterocycles. The number of aromatic nitrogens is 2. The first-order valence-corrected chi connectivity index (χ1v) is 9.67. The van der Waals surface area contributed by atoms with Gasteiger partial charge < -0.3 is 21.3 Å². The van der Waals surface area contributed by atoms with Gasteiger partial charge in [0.1, 0.15) is 11.5 Å². The fraction of sp³-hybridized carbons (Fsp3) is 0.474. The molecule has 0 bridgehead atoms. The van der Waals surface area contributed by atoms with E-state index in [1.807, 2.05) is 6.07 Å². The van der Waals surface area contributed by atoms with Crippen molar-refractivity contribution in [1.82, 2.24) is 15.3 Å². The summed E-state index contributed by atoms with van der Waals surface area (Å²) >= 11 is 0. The van der Waals surface area contributed by atoms with Crippen LogP contribution in [-0.4, -0.2) is 40.6 Å². The van der Waals surface area contributed by atoms with Crippen molar-refractivity contribution >= 4 is 41.2 Å². The van der Waals surface area contributed by atoms with E-state index in [2.05, 4.69) is 39.3 Å². The average Bonchev–Trinajstić information content (AvgIpc) is 3.12. The summed E-state index contributed by atoms with van der Waals surface area (Å²) in [6.45, 7) is 7.01. The second kappa shape index (κ2) is 10.2. The summed E-state index contributed by atoms with van der Waals surface area (Å²) in [5.41, 5.74) is 7.16. The van der Waals surface area contributed by atoms with Crippen LogP contribution in [-0.2, 0) is 6.42 Å². The van der Waals surface area contributed by atoms with Crippen molar-refractivity contribution in [2.75, 3.05) is 35.6 Å². The number of benzene rings is 1. The van der Waals surface area contributed by atoms with E-state index in [1.165, 1.54) is 12.1 Å². The molecular formula is C19H28ClN7O2. The van der Waals surface area contributed by atoms with E-state index in [-0.39, 0.29) is 23.8 Å². The molecule has 1 atom stereocenters. The van der Waals surface area contributed by atoms with Gasteiger partial charge in [-0.3, -0.25) is 10.1 Å². The highest BCUT2D eigenvalue weighted by molar-refractivity contribution is 5.85. The lowest BCUT2D eigenvalue weighted by molar-refractivity contribution is -0.383. The molecule has 0 amide bonds. The maximum atomic E-state index is 11.1. The molecule has 3 rings (SSSR count). The lowest BCUT2D eigenvalue weighted by Crippen LogP contribution is -2.32. The van der Waals surface area contributed by atoms with Gasteiger partial charge in [0.25, 0.3) is 5.69 Å². The number of hydrogen-bond donors (Lipinski definition) is 3. The predicted octanol–water partition coefficient (Wildman–Crippen LogP) is 3.27. The monoisotopic (exact) mass is 421 g/mol. The third kappa shape index (κ3) is 5.68. The zero-order valence-electron chi connectivity index (χ0n) is 16.7. The number of nitrogen functional groups attached to an aromatic ring is 1.